The zero-order valence-electron chi connectivity index (χ0n) is 16.2. The van der Waals surface area contributed by atoms with Crippen LogP contribution < -0.4 is 20.7 Å². The molecule has 0 bridgehead atoms. The number of benzene rings is 2. The lowest BCUT2D eigenvalue weighted by molar-refractivity contribution is -0.113. The Balaban J connectivity index is 1.88. The van der Waals surface area contributed by atoms with E-state index >= 15 is 0 Å². The maximum atomic E-state index is 13.0. The van der Waals surface area contributed by atoms with E-state index in [0.29, 0.717) is 33.4 Å². The number of carbonyl (C=O) groups excluding carboxylic acids is 2. The molecule has 0 aromatic heterocycles. The molecule has 0 saturated carbocycles. The lowest BCUT2D eigenvalue weighted by Crippen LogP contribution is -2.45. The van der Waals surface area contributed by atoms with E-state index in [4.69, 9.17) is 21.7 Å². The molecule has 8 heteroatoms. The Bertz CT molecular complexity index is 968. The number of hydrogen-bond donors (Lipinski definition) is 3. The van der Waals surface area contributed by atoms with E-state index in [2.05, 4.69) is 16.0 Å². The lowest BCUT2D eigenvalue weighted by Gasteiger charge is -2.30. The molecule has 0 radical (unpaired) electrons. The van der Waals surface area contributed by atoms with Gasteiger partial charge in [-0.05, 0) is 61.1 Å². The van der Waals surface area contributed by atoms with Gasteiger partial charge in [-0.1, -0.05) is 12.1 Å². The van der Waals surface area contributed by atoms with E-state index in [1.165, 1.54) is 7.11 Å². The summed E-state index contributed by atoms with van der Waals surface area (Å²) in [7, 11) is 2.91. The van der Waals surface area contributed by atoms with Crippen molar-refractivity contribution in [1.29, 1.82) is 0 Å². The summed E-state index contributed by atoms with van der Waals surface area (Å²) in [4.78, 5) is 24.7. The van der Waals surface area contributed by atoms with E-state index in [-0.39, 0.29) is 5.91 Å². The van der Waals surface area contributed by atoms with Crippen LogP contribution in [0.2, 0.25) is 0 Å². The van der Waals surface area contributed by atoms with Gasteiger partial charge in [0.05, 0.1) is 31.4 Å². The molecule has 0 fully saturated rings. The molecular formula is C21H21N3O4S. The standard InChI is InChI=1S/C21H21N3O4S/c1-12-17(19(25)23-15-8-10-16(27-2)11-9-15)18(24-21(29)22-12)13-4-6-14(7-5-13)20(26)28-3/h4-11,18H,1-3H3,(H,23,25)(H2,22,24,29). The average molecular weight is 411 g/mol. The molecule has 3 N–H and O–H groups in total. The van der Waals surface area contributed by atoms with Crippen LogP contribution in [-0.4, -0.2) is 31.2 Å². The smallest absolute Gasteiger partial charge is 0.337 e. The summed E-state index contributed by atoms with van der Waals surface area (Å²) in [6.07, 6.45) is 0. The fourth-order valence-corrected chi connectivity index (χ4v) is 3.32. The molecule has 3 rings (SSSR count). The van der Waals surface area contributed by atoms with Crippen LogP contribution in [0.25, 0.3) is 0 Å². The van der Waals surface area contributed by atoms with Gasteiger partial charge in [0.1, 0.15) is 5.75 Å². The second-order valence-corrected chi connectivity index (χ2v) is 6.77. The fraction of sp³-hybridized carbons (Fsp3) is 0.190. The van der Waals surface area contributed by atoms with E-state index < -0.39 is 12.0 Å². The monoisotopic (exact) mass is 411 g/mol. The van der Waals surface area contributed by atoms with Crippen LogP contribution in [0.3, 0.4) is 0 Å². The molecule has 1 aliphatic heterocycles. The van der Waals surface area contributed by atoms with Crippen molar-refractivity contribution < 1.29 is 19.1 Å². The maximum Gasteiger partial charge on any atom is 0.337 e. The van der Waals surface area contributed by atoms with Crippen LogP contribution in [0.4, 0.5) is 5.69 Å². The van der Waals surface area contributed by atoms with Crippen LogP contribution in [-0.2, 0) is 9.53 Å². The average Bonchev–Trinajstić information content (AvgIpc) is 2.73. The van der Waals surface area contributed by atoms with Crippen LogP contribution >= 0.6 is 12.2 Å². The Morgan fingerprint density at radius 2 is 1.69 bits per heavy atom. The van der Waals surface area contributed by atoms with Gasteiger partial charge in [0, 0.05) is 11.4 Å². The zero-order chi connectivity index (χ0) is 21.0. The fourth-order valence-electron chi connectivity index (χ4n) is 3.05. The number of esters is 1. The minimum atomic E-state index is -0.464. The minimum Gasteiger partial charge on any atom is -0.497 e. The molecule has 150 valence electrons. The third-order valence-electron chi connectivity index (χ3n) is 4.53. The molecule has 2 aromatic rings. The third kappa shape index (κ3) is 4.55. The number of rotatable bonds is 5. The lowest BCUT2D eigenvalue weighted by atomic mass is 9.94. The molecule has 7 nitrogen and oxygen atoms in total. The van der Waals surface area contributed by atoms with Gasteiger partial charge in [0.25, 0.3) is 5.91 Å². The molecule has 1 atom stereocenters. The van der Waals surface area contributed by atoms with Crippen molar-refractivity contribution in [2.24, 2.45) is 0 Å². The molecule has 1 amide bonds. The highest BCUT2D eigenvalue weighted by atomic mass is 32.1. The molecule has 1 heterocycles. The van der Waals surface area contributed by atoms with E-state index in [9.17, 15) is 9.59 Å². The SMILES string of the molecule is COC(=O)c1ccc(C2NC(=S)NC(C)=C2C(=O)Nc2ccc(OC)cc2)cc1. The summed E-state index contributed by atoms with van der Waals surface area (Å²) in [5.41, 5.74) is 3.02. The van der Waals surface area contributed by atoms with Crippen molar-refractivity contribution in [1.82, 2.24) is 10.6 Å². The number of allylic oxidation sites excluding steroid dienone is 1. The van der Waals surface area contributed by atoms with E-state index in [1.54, 1.807) is 62.6 Å². The zero-order valence-corrected chi connectivity index (χ0v) is 17.1. The molecule has 2 aromatic carbocycles. The molecule has 29 heavy (non-hydrogen) atoms. The first-order valence-electron chi connectivity index (χ1n) is 8.85. The molecule has 1 aliphatic rings. The summed E-state index contributed by atoms with van der Waals surface area (Å²) < 4.78 is 9.87. The molecule has 0 saturated heterocycles. The largest absolute Gasteiger partial charge is 0.497 e. The predicted octanol–water partition coefficient (Wildman–Crippen LogP) is 2.91. The minimum absolute atomic E-state index is 0.266. The van der Waals surface area contributed by atoms with Gasteiger partial charge in [-0.25, -0.2) is 4.79 Å². The predicted molar refractivity (Wildman–Crippen MR) is 114 cm³/mol. The van der Waals surface area contributed by atoms with Crippen molar-refractivity contribution in [3.05, 3.63) is 70.9 Å². The van der Waals surface area contributed by atoms with Crippen molar-refractivity contribution in [2.75, 3.05) is 19.5 Å². The summed E-state index contributed by atoms with van der Waals surface area (Å²) in [5.74, 6) is 0.0139. The van der Waals surface area contributed by atoms with Gasteiger partial charge >= 0.3 is 5.97 Å². The summed E-state index contributed by atoms with van der Waals surface area (Å²) in [6.45, 7) is 1.80. The second-order valence-electron chi connectivity index (χ2n) is 6.37. The first-order chi connectivity index (χ1) is 13.9. The number of nitrogens with one attached hydrogen (secondary N) is 3. The first-order valence-corrected chi connectivity index (χ1v) is 9.25. The topological polar surface area (TPSA) is 88.7 Å². The highest BCUT2D eigenvalue weighted by Crippen LogP contribution is 2.28. The quantitative estimate of drug-likeness (QED) is 0.515. The summed E-state index contributed by atoms with van der Waals surface area (Å²) in [6, 6.07) is 13.5. The van der Waals surface area contributed by atoms with Crippen molar-refractivity contribution in [3.8, 4) is 5.75 Å². The summed E-state index contributed by atoms with van der Waals surface area (Å²) >= 11 is 5.27. The summed E-state index contributed by atoms with van der Waals surface area (Å²) in [5, 5.41) is 9.44. The van der Waals surface area contributed by atoms with E-state index in [1.807, 2.05) is 0 Å². The van der Waals surface area contributed by atoms with Crippen molar-refractivity contribution >= 4 is 34.9 Å². The number of amides is 1. The number of thiocarbonyl (C=S) groups is 1. The van der Waals surface area contributed by atoms with Crippen LogP contribution in [0.15, 0.2) is 59.8 Å². The number of hydrogen-bond acceptors (Lipinski definition) is 5. The van der Waals surface area contributed by atoms with Crippen molar-refractivity contribution in [3.63, 3.8) is 0 Å². The maximum absolute atomic E-state index is 13.0. The van der Waals surface area contributed by atoms with Gasteiger partial charge in [-0.3, -0.25) is 4.79 Å². The van der Waals surface area contributed by atoms with Gasteiger partial charge in [0.2, 0.25) is 0 Å². The van der Waals surface area contributed by atoms with E-state index in [0.717, 1.165) is 5.56 Å². The Labute approximate surface area is 174 Å². The molecular weight excluding hydrogens is 390 g/mol. The number of anilines is 1. The Kier molecular flexibility index (Phi) is 6.13. The first kappa shape index (κ1) is 20.3. The highest BCUT2D eigenvalue weighted by Gasteiger charge is 2.30. The van der Waals surface area contributed by atoms with Gasteiger partial charge < -0.3 is 25.4 Å². The molecule has 0 aliphatic carbocycles. The van der Waals surface area contributed by atoms with Gasteiger partial charge in [-0.2, -0.15) is 0 Å². The van der Waals surface area contributed by atoms with Crippen LogP contribution in [0.1, 0.15) is 28.9 Å². The molecule has 1 unspecified atom stereocenters. The number of ether oxygens (including phenoxy) is 2. The highest BCUT2D eigenvalue weighted by molar-refractivity contribution is 7.80. The van der Waals surface area contributed by atoms with Gasteiger partial charge in [0.15, 0.2) is 5.11 Å². The molecule has 0 spiro atoms. The normalized spacial score (nSPS) is 15.8. The van der Waals surface area contributed by atoms with Crippen LogP contribution in [0, 0.1) is 0 Å². The number of carbonyl (C=O) groups is 2. The Morgan fingerprint density at radius 3 is 2.28 bits per heavy atom. The van der Waals surface area contributed by atoms with Gasteiger partial charge in [-0.15, -0.1) is 0 Å². The third-order valence-corrected chi connectivity index (χ3v) is 4.75. The Hall–Kier alpha value is -3.39. The Morgan fingerprint density at radius 1 is 1.03 bits per heavy atom. The second kappa shape index (κ2) is 8.74. The van der Waals surface area contributed by atoms with Crippen LogP contribution in [0.5, 0.6) is 5.75 Å². The number of methoxy groups -OCH3 is 2. The van der Waals surface area contributed by atoms with Crippen molar-refractivity contribution in [2.45, 2.75) is 13.0 Å².